The number of thioether (sulfide) groups is 1. The van der Waals surface area contributed by atoms with Gasteiger partial charge in [-0.15, -0.1) is 23.1 Å². The Morgan fingerprint density at radius 1 is 1.48 bits per heavy atom. The van der Waals surface area contributed by atoms with E-state index in [-0.39, 0.29) is 10.6 Å². The number of thiophene rings is 1. The summed E-state index contributed by atoms with van der Waals surface area (Å²) in [6, 6.07) is 2.02. The van der Waals surface area contributed by atoms with E-state index in [2.05, 4.69) is 9.71 Å². The fourth-order valence-electron chi connectivity index (χ4n) is 2.40. The normalized spacial score (nSPS) is 18.4. The van der Waals surface area contributed by atoms with Crippen LogP contribution in [0.4, 0.5) is 0 Å². The first-order valence-corrected chi connectivity index (χ1v) is 11.7. The van der Waals surface area contributed by atoms with E-state index in [1.807, 2.05) is 0 Å². The number of rotatable bonds is 10. The number of primary amides is 1. The highest BCUT2D eigenvalue weighted by atomic mass is 32.2. The Kier molecular flexibility index (Phi) is 7.82. The number of carbonyl (C=O) groups excluding carboxylic acids is 1. The van der Waals surface area contributed by atoms with Crippen LogP contribution in [0.5, 0.6) is 0 Å². The van der Waals surface area contributed by atoms with E-state index in [0.717, 1.165) is 16.4 Å². The third kappa shape index (κ3) is 5.53. The monoisotopic (exact) mass is 433 g/mol. The zero-order chi connectivity index (χ0) is 20.0. The summed E-state index contributed by atoms with van der Waals surface area (Å²) in [6.45, 7) is 0.458. The number of aliphatic imine (C=N–C) groups is 1. The standard InChI is InChI=1S/C15H23N5O4S3/c1-25-15-18-9-7-11(20(15)22)12-5-6-13(26-12)27(23,24)19-10(14(17)21)4-2-3-8-16/h5-7,9-10,15,19,22H,2-4,8,16H2,1H3,(H2,17,21)/t10-,15?/m0/s1. The molecule has 1 aliphatic heterocycles. The Labute approximate surface area is 166 Å². The van der Waals surface area contributed by atoms with Crippen LogP contribution < -0.4 is 16.2 Å². The van der Waals surface area contributed by atoms with E-state index in [4.69, 9.17) is 11.5 Å². The molecule has 27 heavy (non-hydrogen) atoms. The number of nitrogens with one attached hydrogen (secondary N) is 1. The molecular formula is C15H23N5O4S3. The SMILES string of the molecule is CSC1N=CC=C(c2ccc(S(=O)(=O)N[C@@H](CCCCN)C(N)=O)s2)N1O. The summed E-state index contributed by atoms with van der Waals surface area (Å²) in [4.78, 5) is 16.2. The van der Waals surface area contributed by atoms with Crippen molar-refractivity contribution < 1.29 is 18.4 Å². The van der Waals surface area contributed by atoms with Gasteiger partial charge in [0.2, 0.25) is 5.91 Å². The van der Waals surface area contributed by atoms with Gasteiger partial charge in [-0.05, 0) is 43.9 Å². The van der Waals surface area contributed by atoms with Gasteiger partial charge in [0.1, 0.15) is 10.3 Å². The Bertz CT molecular complexity index is 821. The minimum atomic E-state index is -3.93. The van der Waals surface area contributed by atoms with Gasteiger partial charge in [0.05, 0.1) is 10.6 Å². The van der Waals surface area contributed by atoms with E-state index in [1.165, 1.54) is 17.8 Å². The number of amides is 1. The molecule has 0 spiro atoms. The van der Waals surface area contributed by atoms with E-state index < -0.39 is 27.5 Å². The van der Waals surface area contributed by atoms with Crippen molar-refractivity contribution in [1.82, 2.24) is 9.79 Å². The Hall–Kier alpha value is -1.44. The molecular weight excluding hydrogens is 410 g/mol. The first-order valence-electron chi connectivity index (χ1n) is 8.16. The molecule has 12 heteroatoms. The fraction of sp³-hybridized carbons (Fsp3) is 0.467. The molecule has 1 aromatic heterocycles. The van der Waals surface area contributed by atoms with Gasteiger partial charge in [-0.25, -0.2) is 13.5 Å². The van der Waals surface area contributed by atoms with Crippen LogP contribution in [0, 0.1) is 0 Å². The lowest BCUT2D eigenvalue weighted by molar-refractivity contribution is -0.119. The topological polar surface area (TPSA) is 151 Å². The van der Waals surface area contributed by atoms with E-state index in [1.54, 1.807) is 24.6 Å². The highest BCUT2D eigenvalue weighted by Crippen LogP contribution is 2.33. The van der Waals surface area contributed by atoms with Gasteiger partial charge in [0, 0.05) is 6.21 Å². The number of hydroxylamine groups is 2. The number of nitrogens with zero attached hydrogens (tertiary/aromatic N) is 2. The molecule has 0 aromatic carbocycles. The minimum absolute atomic E-state index is 0.0279. The second-order valence-electron chi connectivity index (χ2n) is 5.74. The molecule has 1 aromatic rings. The first kappa shape index (κ1) is 21.9. The van der Waals surface area contributed by atoms with Gasteiger partial charge in [0.25, 0.3) is 10.0 Å². The molecule has 1 unspecified atom stereocenters. The molecule has 150 valence electrons. The van der Waals surface area contributed by atoms with Crippen LogP contribution in [0.2, 0.25) is 0 Å². The third-order valence-electron chi connectivity index (χ3n) is 3.80. The molecule has 9 nitrogen and oxygen atoms in total. The summed E-state index contributed by atoms with van der Waals surface area (Å²) >= 11 is 2.32. The lowest BCUT2D eigenvalue weighted by Crippen LogP contribution is -2.44. The molecule has 2 atom stereocenters. The second-order valence-corrected chi connectivity index (χ2v) is 9.65. The van der Waals surface area contributed by atoms with Gasteiger partial charge >= 0.3 is 0 Å². The largest absolute Gasteiger partial charge is 0.368 e. The van der Waals surface area contributed by atoms with Crippen LogP contribution in [-0.4, -0.2) is 55.2 Å². The van der Waals surface area contributed by atoms with Gasteiger partial charge in [-0.1, -0.05) is 6.42 Å². The molecule has 0 fully saturated rings. The maximum absolute atomic E-state index is 12.6. The summed E-state index contributed by atoms with van der Waals surface area (Å²) in [5, 5.41) is 11.2. The summed E-state index contributed by atoms with van der Waals surface area (Å²) in [6.07, 6.45) is 6.51. The molecule has 0 aliphatic carbocycles. The van der Waals surface area contributed by atoms with Crippen molar-refractivity contribution in [3.05, 3.63) is 23.1 Å². The van der Waals surface area contributed by atoms with Gasteiger partial charge in [-0.2, -0.15) is 4.72 Å². The number of nitrogens with two attached hydrogens (primary N) is 2. The number of unbranched alkanes of at least 4 members (excludes halogenated alkanes) is 1. The third-order valence-corrected chi connectivity index (χ3v) is 7.61. The Balaban J connectivity index is 2.17. The van der Waals surface area contributed by atoms with Crippen LogP contribution in [-0.2, 0) is 14.8 Å². The van der Waals surface area contributed by atoms with Crippen molar-refractivity contribution in [3.8, 4) is 0 Å². The molecule has 1 aliphatic rings. The minimum Gasteiger partial charge on any atom is -0.368 e. The lowest BCUT2D eigenvalue weighted by Gasteiger charge is -2.26. The molecule has 0 bridgehead atoms. The van der Waals surface area contributed by atoms with Crippen molar-refractivity contribution in [2.45, 2.75) is 35.0 Å². The summed E-state index contributed by atoms with van der Waals surface area (Å²) in [5.74, 6) is -0.733. The maximum Gasteiger partial charge on any atom is 0.250 e. The molecule has 0 saturated carbocycles. The van der Waals surface area contributed by atoms with Gasteiger partial charge < -0.3 is 11.5 Å². The zero-order valence-corrected chi connectivity index (χ0v) is 17.2. The van der Waals surface area contributed by atoms with Crippen molar-refractivity contribution in [1.29, 1.82) is 0 Å². The fourth-order valence-corrected chi connectivity index (χ4v) is 5.49. The van der Waals surface area contributed by atoms with Crippen molar-refractivity contribution >= 4 is 50.9 Å². The molecule has 2 heterocycles. The van der Waals surface area contributed by atoms with Crippen LogP contribution in [0.25, 0.3) is 5.70 Å². The number of allylic oxidation sites excluding steroid dienone is 1. The second kappa shape index (κ2) is 9.66. The van der Waals surface area contributed by atoms with Crippen LogP contribution >= 0.6 is 23.1 Å². The number of hydrogen-bond donors (Lipinski definition) is 4. The average molecular weight is 434 g/mol. The molecule has 6 N–H and O–H groups in total. The summed E-state index contributed by atoms with van der Waals surface area (Å²) in [7, 11) is -3.93. The van der Waals surface area contributed by atoms with E-state index >= 15 is 0 Å². The van der Waals surface area contributed by atoms with E-state index in [9.17, 15) is 18.4 Å². The smallest absolute Gasteiger partial charge is 0.250 e. The highest BCUT2D eigenvalue weighted by Gasteiger charge is 2.27. The number of sulfonamides is 1. The molecule has 0 radical (unpaired) electrons. The van der Waals surface area contributed by atoms with Crippen molar-refractivity contribution in [2.75, 3.05) is 12.8 Å². The van der Waals surface area contributed by atoms with E-state index in [0.29, 0.717) is 30.0 Å². The quantitative estimate of drug-likeness (QED) is 0.398. The number of hydrogen-bond acceptors (Lipinski definition) is 9. The summed E-state index contributed by atoms with van der Waals surface area (Å²) in [5.41, 5.74) is 10.7. The molecule has 2 rings (SSSR count). The van der Waals surface area contributed by atoms with Gasteiger partial charge in [-0.3, -0.25) is 15.0 Å². The van der Waals surface area contributed by atoms with Gasteiger partial charge in [0.15, 0.2) is 5.50 Å². The Morgan fingerprint density at radius 3 is 2.85 bits per heavy atom. The highest BCUT2D eigenvalue weighted by molar-refractivity contribution is 7.99. The van der Waals surface area contributed by atoms with Crippen LogP contribution in [0.1, 0.15) is 24.1 Å². The van der Waals surface area contributed by atoms with Crippen LogP contribution in [0.15, 0.2) is 27.4 Å². The van der Waals surface area contributed by atoms with Crippen molar-refractivity contribution in [3.63, 3.8) is 0 Å². The Morgan fingerprint density at radius 2 is 2.22 bits per heavy atom. The average Bonchev–Trinajstić information content (AvgIpc) is 3.12. The first-order chi connectivity index (χ1) is 12.8. The molecule has 0 saturated heterocycles. The maximum atomic E-state index is 12.6. The lowest BCUT2D eigenvalue weighted by atomic mass is 10.1. The predicted octanol–water partition coefficient (Wildman–Crippen LogP) is 0.772. The van der Waals surface area contributed by atoms with Crippen LogP contribution in [0.3, 0.4) is 0 Å². The molecule has 1 amide bonds. The van der Waals surface area contributed by atoms with Crippen molar-refractivity contribution in [2.24, 2.45) is 16.5 Å². The summed E-state index contributed by atoms with van der Waals surface area (Å²) < 4.78 is 27.6. The zero-order valence-electron chi connectivity index (χ0n) is 14.7. The predicted molar refractivity (Wildman–Crippen MR) is 108 cm³/mol. The number of carbonyl (C=O) groups is 1.